The number of halogens is 1. The molecule has 0 aromatic heterocycles. The molecule has 1 fully saturated rings. The molecule has 100 valence electrons. The highest BCUT2D eigenvalue weighted by Gasteiger charge is 2.30. The molecule has 2 nitrogen and oxygen atoms in total. The van der Waals surface area contributed by atoms with Crippen LogP contribution in [0, 0.1) is 24.6 Å². The van der Waals surface area contributed by atoms with Gasteiger partial charge in [0.25, 0.3) is 0 Å². The van der Waals surface area contributed by atoms with Crippen molar-refractivity contribution in [2.45, 2.75) is 45.6 Å². The van der Waals surface area contributed by atoms with Gasteiger partial charge in [0.1, 0.15) is 5.82 Å². The summed E-state index contributed by atoms with van der Waals surface area (Å²) < 4.78 is 13.3. The van der Waals surface area contributed by atoms with Crippen LogP contribution in [0.15, 0.2) is 18.2 Å². The average Bonchev–Trinajstić information content (AvgIpc) is 2.83. The van der Waals surface area contributed by atoms with E-state index in [9.17, 15) is 4.39 Å². The number of nitrogens with one attached hydrogen (secondary N) is 1. The van der Waals surface area contributed by atoms with Gasteiger partial charge >= 0.3 is 0 Å². The van der Waals surface area contributed by atoms with Gasteiger partial charge in [-0.2, -0.15) is 0 Å². The van der Waals surface area contributed by atoms with Crippen LogP contribution in [0.3, 0.4) is 0 Å². The highest BCUT2D eigenvalue weighted by molar-refractivity contribution is 5.27. The Hall–Kier alpha value is -0.930. The van der Waals surface area contributed by atoms with Gasteiger partial charge in [-0.3, -0.25) is 11.3 Å². The number of hydrazine groups is 1. The first kappa shape index (κ1) is 13.5. The topological polar surface area (TPSA) is 38.0 Å². The average molecular weight is 250 g/mol. The van der Waals surface area contributed by atoms with Crippen LogP contribution in [0.1, 0.15) is 49.8 Å². The molecule has 3 unspecified atom stereocenters. The van der Waals surface area contributed by atoms with E-state index in [1.165, 1.54) is 25.7 Å². The van der Waals surface area contributed by atoms with E-state index in [0.717, 1.165) is 11.5 Å². The summed E-state index contributed by atoms with van der Waals surface area (Å²) in [4.78, 5) is 0. The summed E-state index contributed by atoms with van der Waals surface area (Å²) in [5.74, 6) is 6.97. The van der Waals surface area contributed by atoms with Crippen LogP contribution >= 0.6 is 0 Å². The van der Waals surface area contributed by atoms with Crippen molar-refractivity contribution in [1.82, 2.24) is 5.43 Å². The largest absolute Gasteiger partial charge is 0.271 e. The zero-order valence-electron chi connectivity index (χ0n) is 11.2. The first-order chi connectivity index (χ1) is 8.65. The zero-order valence-corrected chi connectivity index (χ0v) is 11.2. The Kier molecular flexibility index (Phi) is 4.36. The Labute approximate surface area is 109 Å². The summed E-state index contributed by atoms with van der Waals surface area (Å²) in [6.45, 7) is 4.05. The molecule has 0 amide bonds. The Morgan fingerprint density at radius 1 is 1.44 bits per heavy atom. The SMILES string of the molecule is CCC1CCC(C(NN)c2ccc(F)c(C)c2)C1. The van der Waals surface area contributed by atoms with Crippen LogP contribution in [0.5, 0.6) is 0 Å². The predicted octanol–water partition coefficient (Wildman–Crippen LogP) is 3.46. The van der Waals surface area contributed by atoms with Gasteiger partial charge in [-0.25, -0.2) is 4.39 Å². The second-order valence-electron chi connectivity index (χ2n) is 5.50. The van der Waals surface area contributed by atoms with Crippen molar-refractivity contribution in [3.8, 4) is 0 Å². The van der Waals surface area contributed by atoms with Crippen LogP contribution in [0.25, 0.3) is 0 Å². The third-order valence-electron chi connectivity index (χ3n) is 4.35. The second kappa shape index (κ2) is 5.81. The van der Waals surface area contributed by atoms with Crippen molar-refractivity contribution < 1.29 is 4.39 Å². The quantitative estimate of drug-likeness (QED) is 0.634. The van der Waals surface area contributed by atoms with E-state index in [1.54, 1.807) is 13.0 Å². The minimum absolute atomic E-state index is 0.146. The summed E-state index contributed by atoms with van der Waals surface area (Å²) in [5.41, 5.74) is 4.73. The third-order valence-corrected chi connectivity index (χ3v) is 4.35. The minimum Gasteiger partial charge on any atom is -0.271 e. The first-order valence-electron chi connectivity index (χ1n) is 6.87. The van der Waals surface area contributed by atoms with Crippen LogP contribution in [-0.2, 0) is 0 Å². The van der Waals surface area contributed by atoms with Crippen molar-refractivity contribution >= 4 is 0 Å². The highest BCUT2D eigenvalue weighted by Crippen LogP contribution is 2.40. The molecule has 1 aliphatic carbocycles. The molecule has 1 aromatic rings. The fraction of sp³-hybridized carbons (Fsp3) is 0.600. The van der Waals surface area contributed by atoms with Gasteiger partial charge in [0.05, 0.1) is 0 Å². The highest BCUT2D eigenvalue weighted by atomic mass is 19.1. The Balaban J connectivity index is 2.15. The summed E-state index contributed by atoms with van der Waals surface area (Å²) in [5, 5.41) is 0. The van der Waals surface area contributed by atoms with Crippen molar-refractivity contribution in [1.29, 1.82) is 0 Å². The Morgan fingerprint density at radius 2 is 2.22 bits per heavy atom. The summed E-state index contributed by atoms with van der Waals surface area (Å²) in [6.07, 6.45) is 4.97. The van der Waals surface area contributed by atoms with Crippen molar-refractivity contribution in [2.75, 3.05) is 0 Å². The number of rotatable bonds is 4. The fourth-order valence-corrected chi connectivity index (χ4v) is 3.15. The van der Waals surface area contributed by atoms with E-state index in [2.05, 4.69) is 12.3 Å². The van der Waals surface area contributed by atoms with Crippen LogP contribution in [0.2, 0.25) is 0 Å². The van der Waals surface area contributed by atoms with Gasteiger partial charge in [0.15, 0.2) is 0 Å². The van der Waals surface area contributed by atoms with Crippen molar-refractivity contribution in [2.24, 2.45) is 17.7 Å². The maximum Gasteiger partial charge on any atom is 0.126 e. The van der Waals surface area contributed by atoms with Gasteiger partial charge in [-0.15, -0.1) is 0 Å². The monoisotopic (exact) mass is 250 g/mol. The molecular weight excluding hydrogens is 227 g/mol. The van der Waals surface area contributed by atoms with Crippen LogP contribution in [-0.4, -0.2) is 0 Å². The lowest BCUT2D eigenvalue weighted by Gasteiger charge is -2.24. The summed E-state index contributed by atoms with van der Waals surface area (Å²) >= 11 is 0. The Morgan fingerprint density at radius 3 is 2.78 bits per heavy atom. The molecule has 0 radical (unpaired) electrons. The molecule has 2 rings (SSSR count). The molecule has 0 spiro atoms. The molecule has 0 heterocycles. The smallest absolute Gasteiger partial charge is 0.126 e. The lowest BCUT2D eigenvalue weighted by Crippen LogP contribution is -2.32. The van der Waals surface area contributed by atoms with Gasteiger partial charge in [0, 0.05) is 6.04 Å². The number of nitrogens with two attached hydrogens (primary N) is 1. The molecule has 18 heavy (non-hydrogen) atoms. The fourth-order valence-electron chi connectivity index (χ4n) is 3.15. The third kappa shape index (κ3) is 2.73. The molecule has 0 bridgehead atoms. The van der Waals surface area contributed by atoms with E-state index in [4.69, 9.17) is 5.84 Å². The van der Waals surface area contributed by atoms with E-state index in [-0.39, 0.29) is 11.9 Å². The standard InChI is InChI=1S/C15H23FN2/c1-3-11-4-5-13(9-11)15(18-17)12-6-7-14(16)10(2)8-12/h6-8,11,13,15,18H,3-5,9,17H2,1-2H3. The molecule has 3 atom stereocenters. The van der Waals surface area contributed by atoms with Crippen LogP contribution < -0.4 is 11.3 Å². The number of hydrogen-bond donors (Lipinski definition) is 2. The molecule has 3 N–H and O–H groups in total. The number of aryl methyl sites for hydroxylation is 1. The number of benzene rings is 1. The van der Waals surface area contributed by atoms with E-state index in [0.29, 0.717) is 11.5 Å². The molecule has 3 heteroatoms. The number of hydrogen-bond acceptors (Lipinski definition) is 2. The lowest BCUT2D eigenvalue weighted by molar-refractivity contribution is 0.358. The Bertz CT molecular complexity index is 405. The van der Waals surface area contributed by atoms with E-state index >= 15 is 0 Å². The molecular formula is C15H23FN2. The van der Waals surface area contributed by atoms with E-state index < -0.39 is 0 Å². The van der Waals surface area contributed by atoms with E-state index in [1.807, 2.05) is 12.1 Å². The first-order valence-corrected chi connectivity index (χ1v) is 6.87. The van der Waals surface area contributed by atoms with Gasteiger partial charge in [0.2, 0.25) is 0 Å². The van der Waals surface area contributed by atoms with Gasteiger partial charge < -0.3 is 0 Å². The van der Waals surface area contributed by atoms with Crippen molar-refractivity contribution in [3.63, 3.8) is 0 Å². The molecule has 1 aromatic carbocycles. The summed E-state index contributed by atoms with van der Waals surface area (Å²) in [6, 6.07) is 5.47. The second-order valence-corrected chi connectivity index (χ2v) is 5.50. The maximum absolute atomic E-state index is 13.3. The van der Waals surface area contributed by atoms with Gasteiger partial charge in [-0.05, 0) is 48.8 Å². The predicted molar refractivity (Wildman–Crippen MR) is 72.3 cm³/mol. The van der Waals surface area contributed by atoms with Crippen LogP contribution in [0.4, 0.5) is 4.39 Å². The molecule has 0 saturated heterocycles. The summed E-state index contributed by atoms with van der Waals surface area (Å²) in [7, 11) is 0. The lowest BCUT2D eigenvalue weighted by atomic mass is 9.90. The minimum atomic E-state index is -0.146. The molecule has 0 aliphatic heterocycles. The molecule has 1 aliphatic rings. The maximum atomic E-state index is 13.3. The van der Waals surface area contributed by atoms with Crippen molar-refractivity contribution in [3.05, 3.63) is 35.1 Å². The normalized spacial score (nSPS) is 25.3. The zero-order chi connectivity index (χ0) is 13.1. The van der Waals surface area contributed by atoms with Gasteiger partial charge in [-0.1, -0.05) is 31.9 Å². The molecule has 1 saturated carbocycles.